The number of fused-ring (bicyclic) bond motifs is 3. The minimum atomic E-state index is -0.804. The van der Waals surface area contributed by atoms with Crippen LogP contribution in [0.25, 0.3) is 11.1 Å². The molecule has 2 aliphatic carbocycles. The highest BCUT2D eigenvalue weighted by molar-refractivity contribution is 5.80. The van der Waals surface area contributed by atoms with Gasteiger partial charge in [0, 0.05) is 36.9 Å². The maximum Gasteiger partial charge on any atom is 0.407 e. The molecule has 3 aliphatic rings. The van der Waals surface area contributed by atoms with Crippen molar-refractivity contribution in [2.45, 2.75) is 51.0 Å². The van der Waals surface area contributed by atoms with Crippen molar-refractivity contribution in [3.63, 3.8) is 0 Å². The van der Waals surface area contributed by atoms with E-state index in [0.29, 0.717) is 25.9 Å². The van der Waals surface area contributed by atoms with Crippen molar-refractivity contribution in [2.24, 2.45) is 11.3 Å². The van der Waals surface area contributed by atoms with Crippen LogP contribution in [0.15, 0.2) is 48.5 Å². The molecule has 7 nitrogen and oxygen atoms in total. The van der Waals surface area contributed by atoms with Gasteiger partial charge in [0.2, 0.25) is 5.91 Å². The molecule has 0 bridgehead atoms. The number of ether oxygens (including phenoxy) is 1. The Morgan fingerprint density at radius 2 is 1.71 bits per heavy atom. The van der Waals surface area contributed by atoms with Gasteiger partial charge in [-0.3, -0.25) is 9.59 Å². The molecule has 2 aromatic rings. The van der Waals surface area contributed by atoms with Crippen molar-refractivity contribution in [2.75, 3.05) is 19.7 Å². The number of nitrogens with zero attached hydrogens (tertiary/aromatic N) is 1. The van der Waals surface area contributed by atoms with Gasteiger partial charge >= 0.3 is 12.1 Å². The number of aliphatic carboxylic acids is 1. The third-order valence-corrected chi connectivity index (χ3v) is 8.06. The summed E-state index contributed by atoms with van der Waals surface area (Å²) in [5, 5.41) is 12.4. The Hall–Kier alpha value is -3.35. The quantitative estimate of drug-likeness (QED) is 0.589. The lowest BCUT2D eigenvalue weighted by molar-refractivity contribution is -0.143. The number of benzene rings is 2. The normalized spacial score (nSPS) is 20.3. The molecule has 1 spiro atoms. The number of alkyl carbamates (subject to hydrolysis) is 1. The second-order valence-corrected chi connectivity index (χ2v) is 10.1. The van der Waals surface area contributed by atoms with Crippen LogP contribution in [0.5, 0.6) is 0 Å². The van der Waals surface area contributed by atoms with Gasteiger partial charge in [-0.25, -0.2) is 4.79 Å². The highest BCUT2D eigenvalue weighted by Gasteiger charge is 2.58. The van der Waals surface area contributed by atoms with E-state index >= 15 is 0 Å². The van der Waals surface area contributed by atoms with Gasteiger partial charge in [0.1, 0.15) is 6.61 Å². The molecule has 1 saturated heterocycles. The fraction of sp³-hybridized carbons (Fsp3) is 0.464. The van der Waals surface area contributed by atoms with Crippen LogP contribution in [0.2, 0.25) is 0 Å². The van der Waals surface area contributed by atoms with Crippen LogP contribution < -0.4 is 5.32 Å². The Balaban J connectivity index is 1.12. The first-order valence-electron chi connectivity index (χ1n) is 12.5. The molecule has 7 heteroatoms. The van der Waals surface area contributed by atoms with Gasteiger partial charge in [0.15, 0.2) is 0 Å². The number of carboxylic acids is 1. The van der Waals surface area contributed by atoms with E-state index in [1.165, 1.54) is 11.1 Å². The van der Waals surface area contributed by atoms with Crippen LogP contribution in [-0.2, 0) is 14.3 Å². The van der Waals surface area contributed by atoms with E-state index in [-0.39, 0.29) is 36.3 Å². The molecule has 2 fully saturated rings. The number of hydrogen-bond acceptors (Lipinski definition) is 4. The minimum absolute atomic E-state index is 0.00176. The Morgan fingerprint density at radius 1 is 1.09 bits per heavy atom. The van der Waals surface area contributed by atoms with Crippen molar-refractivity contribution in [1.29, 1.82) is 0 Å². The summed E-state index contributed by atoms with van der Waals surface area (Å²) in [6.07, 6.45) is 2.75. The summed E-state index contributed by atoms with van der Waals surface area (Å²) >= 11 is 0. The predicted octanol–water partition coefficient (Wildman–Crippen LogP) is 4.41. The lowest BCUT2D eigenvalue weighted by Gasteiger charge is -2.21. The highest BCUT2D eigenvalue weighted by Crippen LogP contribution is 2.56. The van der Waals surface area contributed by atoms with E-state index in [9.17, 15) is 19.5 Å². The van der Waals surface area contributed by atoms with Crippen molar-refractivity contribution in [3.8, 4) is 11.1 Å². The zero-order valence-corrected chi connectivity index (χ0v) is 20.0. The van der Waals surface area contributed by atoms with E-state index in [0.717, 1.165) is 24.0 Å². The van der Waals surface area contributed by atoms with Gasteiger partial charge in [-0.1, -0.05) is 55.5 Å². The molecule has 0 aromatic heterocycles. The summed E-state index contributed by atoms with van der Waals surface area (Å²) in [4.78, 5) is 38.6. The molecular formula is C28H32N2O5. The summed E-state index contributed by atoms with van der Waals surface area (Å²) in [5.41, 5.74) is 4.49. The van der Waals surface area contributed by atoms with E-state index in [2.05, 4.69) is 29.6 Å². The van der Waals surface area contributed by atoms with Gasteiger partial charge in [-0.15, -0.1) is 0 Å². The fourth-order valence-electron chi connectivity index (χ4n) is 5.81. The summed E-state index contributed by atoms with van der Waals surface area (Å²) in [7, 11) is 0. The van der Waals surface area contributed by atoms with Crippen LogP contribution >= 0.6 is 0 Å². The van der Waals surface area contributed by atoms with Gasteiger partial charge in [0.05, 0.1) is 5.92 Å². The third kappa shape index (κ3) is 4.51. The molecule has 0 radical (unpaired) electrons. The number of carbonyl (C=O) groups excluding carboxylic acids is 2. The second kappa shape index (κ2) is 9.36. The number of carboxylic acid groups (broad SMARTS) is 1. The summed E-state index contributed by atoms with van der Waals surface area (Å²) in [5.74, 6) is -1.29. The molecule has 2 amide bonds. The van der Waals surface area contributed by atoms with Crippen LogP contribution in [0.4, 0.5) is 4.79 Å². The molecule has 5 rings (SSSR count). The summed E-state index contributed by atoms with van der Waals surface area (Å²) < 4.78 is 5.64. The van der Waals surface area contributed by atoms with E-state index in [1.807, 2.05) is 31.2 Å². The van der Waals surface area contributed by atoms with Crippen LogP contribution in [0, 0.1) is 11.3 Å². The van der Waals surface area contributed by atoms with E-state index < -0.39 is 18.0 Å². The van der Waals surface area contributed by atoms with Crippen LogP contribution in [0.3, 0.4) is 0 Å². The molecule has 35 heavy (non-hydrogen) atoms. The van der Waals surface area contributed by atoms with Gasteiger partial charge < -0.3 is 20.1 Å². The Morgan fingerprint density at radius 3 is 2.26 bits per heavy atom. The lowest BCUT2D eigenvalue weighted by Crippen LogP contribution is -2.37. The summed E-state index contributed by atoms with van der Waals surface area (Å²) in [6.45, 7) is 3.06. The van der Waals surface area contributed by atoms with Crippen molar-refractivity contribution in [3.05, 3.63) is 59.7 Å². The predicted molar refractivity (Wildman–Crippen MR) is 131 cm³/mol. The number of rotatable bonds is 8. The topological polar surface area (TPSA) is 95.9 Å². The number of hydrogen-bond donors (Lipinski definition) is 2. The standard InChI is InChI=1S/C28H32N2O5/c1-2-18(11-12-25(31)30-15-24(26(32)33)28(17-30)13-14-28)29-27(34)35-16-23-21-9-5-3-7-19(21)20-8-4-6-10-22(20)23/h3-10,18,23-24H,2,11-17H2,1H3,(H,29,34)(H,32,33). The molecular weight excluding hydrogens is 444 g/mol. The van der Waals surface area contributed by atoms with Crippen LogP contribution in [0.1, 0.15) is 56.1 Å². The molecule has 1 aliphatic heterocycles. The van der Waals surface area contributed by atoms with Crippen molar-refractivity contribution < 1.29 is 24.2 Å². The minimum Gasteiger partial charge on any atom is -0.481 e. The molecule has 184 valence electrons. The number of likely N-dealkylation sites (tertiary alicyclic amines) is 1. The number of nitrogens with one attached hydrogen (secondary N) is 1. The Labute approximate surface area is 205 Å². The summed E-state index contributed by atoms with van der Waals surface area (Å²) in [6, 6.07) is 16.2. The lowest BCUT2D eigenvalue weighted by atomic mass is 9.93. The van der Waals surface area contributed by atoms with Gasteiger partial charge in [-0.2, -0.15) is 0 Å². The zero-order valence-electron chi connectivity index (χ0n) is 20.0. The zero-order chi connectivity index (χ0) is 24.6. The molecule has 1 saturated carbocycles. The monoisotopic (exact) mass is 476 g/mol. The average molecular weight is 477 g/mol. The number of amides is 2. The molecule has 1 heterocycles. The smallest absolute Gasteiger partial charge is 0.407 e. The Bertz CT molecular complexity index is 1100. The molecule has 2 aromatic carbocycles. The van der Waals surface area contributed by atoms with Gasteiger partial charge in [0.25, 0.3) is 0 Å². The fourth-order valence-corrected chi connectivity index (χ4v) is 5.81. The first-order chi connectivity index (χ1) is 16.9. The maximum atomic E-state index is 12.8. The average Bonchev–Trinajstić information content (AvgIpc) is 3.41. The first kappa shape index (κ1) is 23.4. The Kier molecular flexibility index (Phi) is 6.26. The number of carbonyl (C=O) groups is 3. The third-order valence-electron chi connectivity index (χ3n) is 8.06. The largest absolute Gasteiger partial charge is 0.481 e. The van der Waals surface area contributed by atoms with Crippen LogP contribution in [-0.4, -0.2) is 53.7 Å². The van der Waals surface area contributed by atoms with Crippen molar-refractivity contribution in [1.82, 2.24) is 10.2 Å². The van der Waals surface area contributed by atoms with E-state index in [4.69, 9.17) is 4.74 Å². The maximum absolute atomic E-state index is 12.8. The van der Waals surface area contributed by atoms with Crippen molar-refractivity contribution >= 4 is 18.0 Å². The molecule has 2 N–H and O–H groups in total. The highest BCUT2D eigenvalue weighted by atomic mass is 16.5. The second-order valence-electron chi connectivity index (χ2n) is 10.1. The SMILES string of the molecule is CCC(CCC(=O)N1CC(C(=O)O)C2(CC2)C1)NC(=O)OCC1c2ccccc2-c2ccccc21. The molecule has 2 atom stereocenters. The van der Waals surface area contributed by atoms with E-state index in [1.54, 1.807) is 4.90 Å². The first-order valence-corrected chi connectivity index (χ1v) is 12.5. The van der Waals surface area contributed by atoms with Gasteiger partial charge in [-0.05, 0) is 47.9 Å². The molecule has 2 unspecified atom stereocenters.